The summed E-state index contributed by atoms with van der Waals surface area (Å²) in [6.07, 6.45) is 2.57. The number of fused-ring (bicyclic) bond motifs is 1. The van der Waals surface area contributed by atoms with Crippen LogP contribution in [-0.4, -0.2) is 25.3 Å². The van der Waals surface area contributed by atoms with E-state index >= 15 is 0 Å². The number of allylic oxidation sites excluding steroid dienone is 1. The molecule has 0 bridgehead atoms. The standard InChI is InChI=1S/C14H20N4O4/c1-5-21-22-10(2)7-6-8-18-13(19)11-12(15-9-16(11)3)17(4)14(18)20/h9H,2,5-8H2,1,3-4H3. The highest BCUT2D eigenvalue weighted by molar-refractivity contribution is 5.69. The van der Waals surface area contributed by atoms with E-state index in [-0.39, 0.29) is 17.8 Å². The Labute approximate surface area is 127 Å². The largest absolute Gasteiger partial charge is 0.343 e. The molecule has 8 heteroatoms. The zero-order valence-corrected chi connectivity index (χ0v) is 13.0. The minimum atomic E-state index is -0.382. The highest BCUT2D eigenvalue weighted by atomic mass is 17.2. The molecule has 0 unspecified atom stereocenters. The van der Waals surface area contributed by atoms with Crippen molar-refractivity contribution in [2.24, 2.45) is 14.1 Å². The Hall–Kier alpha value is -2.35. The molecule has 0 saturated heterocycles. The molecular weight excluding hydrogens is 288 g/mol. The van der Waals surface area contributed by atoms with Crippen molar-refractivity contribution < 1.29 is 9.78 Å². The molecular formula is C14H20N4O4. The number of aromatic nitrogens is 4. The van der Waals surface area contributed by atoms with Gasteiger partial charge in [-0.3, -0.25) is 13.9 Å². The second-order valence-corrected chi connectivity index (χ2v) is 4.96. The monoisotopic (exact) mass is 308 g/mol. The first kappa shape index (κ1) is 16.0. The Balaban J connectivity index is 2.21. The van der Waals surface area contributed by atoms with Gasteiger partial charge in [-0.2, -0.15) is 4.89 Å². The zero-order valence-electron chi connectivity index (χ0n) is 13.0. The number of rotatable bonds is 7. The van der Waals surface area contributed by atoms with Crippen LogP contribution in [-0.2, 0) is 30.4 Å². The first-order chi connectivity index (χ1) is 10.5. The second kappa shape index (κ2) is 6.61. The molecule has 0 aliphatic rings. The van der Waals surface area contributed by atoms with E-state index in [0.717, 1.165) is 0 Å². The summed E-state index contributed by atoms with van der Waals surface area (Å²) in [5.74, 6) is 0.466. The van der Waals surface area contributed by atoms with Crippen LogP contribution in [0.3, 0.4) is 0 Å². The van der Waals surface area contributed by atoms with Crippen LogP contribution in [0.1, 0.15) is 19.8 Å². The lowest BCUT2D eigenvalue weighted by Crippen LogP contribution is -2.39. The third-order valence-corrected chi connectivity index (χ3v) is 3.33. The Morgan fingerprint density at radius 2 is 2.09 bits per heavy atom. The van der Waals surface area contributed by atoms with E-state index in [2.05, 4.69) is 11.6 Å². The molecule has 0 spiro atoms. The van der Waals surface area contributed by atoms with Crippen molar-refractivity contribution in [2.75, 3.05) is 6.61 Å². The van der Waals surface area contributed by atoms with Crippen molar-refractivity contribution >= 4 is 11.2 Å². The summed E-state index contributed by atoms with van der Waals surface area (Å²) in [5, 5.41) is 0. The van der Waals surface area contributed by atoms with Crippen LogP contribution in [0.5, 0.6) is 0 Å². The molecule has 0 amide bonds. The highest BCUT2D eigenvalue weighted by Gasteiger charge is 2.14. The number of nitrogens with zero attached hydrogens (tertiary/aromatic N) is 4. The lowest BCUT2D eigenvalue weighted by Gasteiger charge is -2.09. The SMILES string of the molecule is C=C(CCCn1c(=O)c2c(ncn2C)n(C)c1=O)OOCC. The Morgan fingerprint density at radius 1 is 1.36 bits per heavy atom. The lowest BCUT2D eigenvalue weighted by atomic mass is 10.3. The first-order valence-corrected chi connectivity index (χ1v) is 7.05. The van der Waals surface area contributed by atoms with Crippen molar-refractivity contribution in [3.05, 3.63) is 39.5 Å². The summed E-state index contributed by atoms with van der Waals surface area (Å²) in [4.78, 5) is 38.5. The van der Waals surface area contributed by atoms with Crippen LogP contribution in [0.2, 0.25) is 0 Å². The van der Waals surface area contributed by atoms with E-state index < -0.39 is 0 Å². The quantitative estimate of drug-likeness (QED) is 0.427. The molecule has 0 aliphatic carbocycles. The topological polar surface area (TPSA) is 80.3 Å². The molecule has 22 heavy (non-hydrogen) atoms. The fourth-order valence-corrected chi connectivity index (χ4v) is 2.21. The Morgan fingerprint density at radius 3 is 2.77 bits per heavy atom. The summed E-state index contributed by atoms with van der Waals surface area (Å²) in [5.41, 5.74) is 0.0753. The molecule has 2 aromatic heterocycles. The van der Waals surface area contributed by atoms with Crippen molar-refractivity contribution in [2.45, 2.75) is 26.3 Å². The van der Waals surface area contributed by atoms with Gasteiger partial charge >= 0.3 is 5.69 Å². The van der Waals surface area contributed by atoms with E-state index in [1.807, 2.05) is 0 Å². The van der Waals surface area contributed by atoms with E-state index in [4.69, 9.17) is 9.78 Å². The summed E-state index contributed by atoms with van der Waals surface area (Å²) in [6.45, 7) is 6.22. The van der Waals surface area contributed by atoms with Crippen LogP contribution >= 0.6 is 0 Å². The molecule has 8 nitrogen and oxygen atoms in total. The highest BCUT2D eigenvalue weighted by Crippen LogP contribution is 2.07. The fraction of sp³-hybridized carbons (Fsp3) is 0.500. The van der Waals surface area contributed by atoms with Gasteiger partial charge in [-0.05, 0) is 13.3 Å². The zero-order chi connectivity index (χ0) is 16.3. The summed E-state index contributed by atoms with van der Waals surface area (Å²) >= 11 is 0. The van der Waals surface area contributed by atoms with Gasteiger partial charge in [-0.15, -0.1) is 0 Å². The molecule has 0 fully saturated rings. The summed E-state index contributed by atoms with van der Waals surface area (Å²) in [6, 6.07) is 0. The number of imidazole rings is 1. The predicted octanol–water partition coefficient (Wildman–Crippen LogP) is 0.696. The van der Waals surface area contributed by atoms with Gasteiger partial charge in [0.2, 0.25) is 0 Å². The van der Waals surface area contributed by atoms with Crippen molar-refractivity contribution in [1.29, 1.82) is 0 Å². The van der Waals surface area contributed by atoms with Crippen LogP contribution in [0.4, 0.5) is 0 Å². The number of aryl methyl sites for hydroxylation is 2. The normalized spacial score (nSPS) is 11.0. The fourth-order valence-electron chi connectivity index (χ4n) is 2.21. The molecule has 0 aliphatic heterocycles. The van der Waals surface area contributed by atoms with E-state index in [9.17, 15) is 9.59 Å². The van der Waals surface area contributed by atoms with Gasteiger partial charge in [0.15, 0.2) is 11.2 Å². The van der Waals surface area contributed by atoms with Crippen LogP contribution in [0, 0.1) is 0 Å². The van der Waals surface area contributed by atoms with Gasteiger partial charge in [0.05, 0.1) is 12.9 Å². The van der Waals surface area contributed by atoms with Crippen LogP contribution < -0.4 is 11.2 Å². The average molecular weight is 308 g/mol. The van der Waals surface area contributed by atoms with Crippen LogP contribution in [0.25, 0.3) is 11.2 Å². The van der Waals surface area contributed by atoms with E-state index in [0.29, 0.717) is 36.4 Å². The van der Waals surface area contributed by atoms with Gasteiger partial charge in [-0.1, -0.05) is 6.58 Å². The summed E-state index contributed by atoms with van der Waals surface area (Å²) in [7, 11) is 3.33. The first-order valence-electron chi connectivity index (χ1n) is 7.05. The maximum atomic E-state index is 12.4. The van der Waals surface area contributed by atoms with Gasteiger partial charge in [0.1, 0.15) is 5.76 Å². The third-order valence-electron chi connectivity index (χ3n) is 3.33. The van der Waals surface area contributed by atoms with Crippen molar-refractivity contribution in [3.8, 4) is 0 Å². The molecule has 0 N–H and O–H groups in total. The van der Waals surface area contributed by atoms with Crippen molar-refractivity contribution in [3.63, 3.8) is 0 Å². The minimum absolute atomic E-state index is 0.279. The minimum Gasteiger partial charge on any atom is -0.343 e. The molecule has 2 heterocycles. The Kier molecular flexibility index (Phi) is 4.81. The van der Waals surface area contributed by atoms with Gasteiger partial charge in [0, 0.05) is 27.1 Å². The second-order valence-electron chi connectivity index (χ2n) is 4.96. The maximum absolute atomic E-state index is 12.4. The van der Waals surface area contributed by atoms with E-state index in [1.54, 1.807) is 25.6 Å². The van der Waals surface area contributed by atoms with Crippen LogP contribution in [0.15, 0.2) is 28.3 Å². The lowest BCUT2D eigenvalue weighted by molar-refractivity contribution is -0.259. The van der Waals surface area contributed by atoms with Gasteiger partial charge in [0.25, 0.3) is 5.56 Å². The molecule has 0 atom stereocenters. The number of hydrogen-bond acceptors (Lipinski definition) is 5. The molecule has 0 saturated carbocycles. The van der Waals surface area contributed by atoms with Gasteiger partial charge < -0.3 is 9.45 Å². The third kappa shape index (κ3) is 2.96. The molecule has 2 aromatic rings. The van der Waals surface area contributed by atoms with E-state index in [1.165, 1.54) is 15.5 Å². The molecule has 0 radical (unpaired) electrons. The maximum Gasteiger partial charge on any atom is 0.332 e. The van der Waals surface area contributed by atoms with Crippen molar-refractivity contribution in [1.82, 2.24) is 18.7 Å². The van der Waals surface area contributed by atoms with Gasteiger partial charge in [-0.25, -0.2) is 9.78 Å². The number of hydrogen-bond donors (Lipinski definition) is 0. The average Bonchev–Trinajstić information content (AvgIpc) is 2.88. The molecule has 0 aromatic carbocycles. The summed E-state index contributed by atoms with van der Waals surface area (Å²) < 4.78 is 4.20. The smallest absolute Gasteiger partial charge is 0.332 e. The molecule has 120 valence electrons. The predicted molar refractivity (Wildman–Crippen MR) is 81.3 cm³/mol. The molecule has 2 rings (SSSR count). The Bertz CT molecular complexity index is 800.